The van der Waals surface area contributed by atoms with Gasteiger partial charge in [0.1, 0.15) is 17.5 Å². The zero-order valence-corrected chi connectivity index (χ0v) is 16.7. The summed E-state index contributed by atoms with van der Waals surface area (Å²) in [7, 11) is 0. The first-order valence-electron chi connectivity index (χ1n) is 10.1. The standard InChI is InChI=1S/C22H19F4N5/c1-12-27-17-4-2-3-5-19(17)31(12)20-11-18(13-6-7-13)29-21(30-20)28-14-8-9-15(16(23)10-14)22(24,25)26/h3,5,8-11,13H,2,4,6-7H2,1H3,(H,28,29,30). The Hall–Kier alpha value is -3.23. The number of hydrogen-bond donors (Lipinski definition) is 1. The van der Waals surface area contributed by atoms with Crippen LogP contribution in [0.5, 0.6) is 0 Å². The van der Waals surface area contributed by atoms with Gasteiger partial charge in [-0.1, -0.05) is 6.08 Å². The Labute approximate surface area is 175 Å². The van der Waals surface area contributed by atoms with E-state index in [-0.39, 0.29) is 11.6 Å². The van der Waals surface area contributed by atoms with E-state index in [1.165, 1.54) is 6.07 Å². The summed E-state index contributed by atoms with van der Waals surface area (Å²) >= 11 is 0. The largest absolute Gasteiger partial charge is 0.419 e. The lowest BCUT2D eigenvalue weighted by molar-refractivity contribution is -0.139. The molecule has 160 valence electrons. The van der Waals surface area contributed by atoms with Gasteiger partial charge in [0, 0.05) is 17.7 Å². The summed E-state index contributed by atoms with van der Waals surface area (Å²) in [6.45, 7) is 1.91. The number of allylic oxidation sites excluding steroid dienone is 1. The maximum atomic E-state index is 14.0. The second-order valence-electron chi connectivity index (χ2n) is 7.83. The maximum absolute atomic E-state index is 14.0. The summed E-state index contributed by atoms with van der Waals surface area (Å²) < 4.78 is 54.5. The molecule has 1 fully saturated rings. The van der Waals surface area contributed by atoms with E-state index in [0.717, 1.165) is 54.7 Å². The van der Waals surface area contributed by atoms with E-state index in [1.807, 2.05) is 23.6 Å². The number of aromatic nitrogens is 4. The van der Waals surface area contributed by atoms with Gasteiger partial charge in [-0.2, -0.15) is 18.2 Å². The number of imidazole rings is 1. The van der Waals surface area contributed by atoms with Crippen LogP contribution in [-0.4, -0.2) is 19.5 Å². The highest BCUT2D eigenvalue weighted by Gasteiger charge is 2.34. The molecule has 0 radical (unpaired) electrons. The summed E-state index contributed by atoms with van der Waals surface area (Å²) in [5.41, 5.74) is 1.66. The first kappa shape index (κ1) is 19.7. The van der Waals surface area contributed by atoms with Crippen molar-refractivity contribution < 1.29 is 17.6 Å². The highest BCUT2D eigenvalue weighted by Crippen LogP contribution is 2.40. The van der Waals surface area contributed by atoms with Crippen LogP contribution in [0.15, 0.2) is 30.3 Å². The lowest BCUT2D eigenvalue weighted by atomic mass is 10.1. The van der Waals surface area contributed by atoms with Crippen LogP contribution in [0.2, 0.25) is 0 Å². The molecule has 2 heterocycles. The van der Waals surface area contributed by atoms with E-state index in [9.17, 15) is 17.6 Å². The van der Waals surface area contributed by atoms with Gasteiger partial charge >= 0.3 is 6.18 Å². The third kappa shape index (κ3) is 3.80. The SMILES string of the molecule is Cc1nc2c(n1-c1cc(C3CC3)nc(Nc3ccc(C(F)(F)F)c(F)c3)n1)C=CCC2. The number of nitrogens with one attached hydrogen (secondary N) is 1. The van der Waals surface area contributed by atoms with Crippen molar-refractivity contribution in [1.29, 1.82) is 0 Å². The van der Waals surface area contributed by atoms with Gasteiger partial charge in [-0.25, -0.2) is 14.4 Å². The van der Waals surface area contributed by atoms with Gasteiger partial charge in [-0.05, 0) is 56.9 Å². The topological polar surface area (TPSA) is 55.6 Å². The van der Waals surface area contributed by atoms with Crippen molar-refractivity contribution in [2.24, 2.45) is 0 Å². The van der Waals surface area contributed by atoms with Crippen molar-refractivity contribution in [3.8, 4) is 5.82 Å². The van der Waals surface area contributed by atoms with Crippen molar-refractivity contribution in [3.63, 3.8) is 0 Å². The predicted octanol–water partition coefficient (Wildman–Crippen LogP) is 5.71. The summed E-state index contributed by atoms with van der Waals surface area (Å²) in [6.07, 6.45) is 3.20. The number of anilines is 2. The molecule has 0 saturated heterocycles. The molecule has 31 heavy (non-hydrogen) atoms. The predicted molar refractivity (Wildman–Crippen MR) is 108 cm³/mol. The molecule has 5 nitrogen and oxygen atoms in total. The first-order chi connectivity index (χ1) is 14.8. The molecule has 0 aliphatic heterocycles. The number of nitrogens with zero attached hydrogens (tertiary/aromatic N) is 4. The fourth-order valence-corrected chi connectivity index (χ4v) is 3.83. The van der Waals surface area contributed by atoms with Gasteiger partial charge in [0.15, 0.2) is 0 Å². The molecule has 0 bridgehead atoms. The van der Waals surface area contributed by atoms with E-state index in [4.69, 9.17) is 0 Å². The Balaban J connectivity index is 1.54. The summed E-state index contributed by atoms with van der Waals surface area (Å²) in [5.74, 6) is 0.607. The van der Waals surface area contributed by atoms with Crippen molar-refractivity contribution in [3.05, 3.63) is 64.6 Å². The summed E-state index contributed by atoms with van der Waals surface area (Å²) in [6, 6.07) is 4.62. The smallest absolute Gasteiger partial charge is 0.324 e. The molecule has 0 atom stereocenters. The Kier molecular flexibility index (Phi) is 4.56. The van der Waals surface area contributed by atoms with Crippen LogP contribution >= 0.6 is 0 Å². The van der Waals surface area contributed by atoms with Gasteiger partial charge in [-0.3, -0.25) is 4.57 Å². The third-order valence-electron chi connectivity index (χ3n) is 5.47. The minimum absolute atomic E-state index is 0.147. The van der Waals surface area contributed by atoms with Crippen LogP contribution in [0.4, 0.5) is 29.2 Å². The lowest BCUT2D eigenvalue weighted by Gasteiger charge is -2.14. The van der Waals surface area contributed by atoms with Crippen molar-refractivity contribution in [1.82, 2.24) is 19.5 Å². The molecule has 5 rings (SSSR count). The van der Waals surface area contributed by atoms with E-state index < -0.39 is 17.6 Å². The van der Waals surface area contributed by atoms with Crippen molar-refractivity contribution in [2.75, 3.05) is 5.32 Å². The quantitative estimate of drug-likeness (QED) is 0.540. The maximum Gasteiger partial charge on any atom is 0.419 e. The monoisotopic (exact) mass is 429 g/mol. The number of halogens is 4. The van der Waals surface area contributed by atoms with Crippen molar-refractivity contribution >= 4 is 17.7 Å². The van der Waals surface area contributed by atoms with E-state index in [2.05, 4.69) is 26.3 Å². The number of rotatable bonds is 4. The third-order valence-corrected chi connectivity index (χ3v) is 5.47. The molecule has 1 N–H and O–H groups in total. The van der Waals surface area contributed by atoms with Crippen molar-refractivity contribution in [2.45, 2.75) is 44.7 Å². The van der Waals surface area contributed by atoms with Gasteiger partial charge in [0.25, 0.3) is 0 Å². The van der Waals surface area contributed by atoms with Crippen LogP contribution in [0.3, 0.4) is 0 Å². The minimum Gasteiger partial charge on any atom is -0.324 e. The minimum atomic E-state index is -4.75. The highest BCUT2D eigenvalue weighted by molar-refractivity contribution is 5.58. The van der Waals surface area contributed by atoms with Crippen LogP contribution in [0.1, 0.15) is 53.7 Å². The van der Waals surface area contributed by atoms with Crippen LogP contribution in [-0.2, 0) is 12.6 Å². The molecular formula is C22H19F4N5. The van der Waals surface area contributed by atoms with Crippen LogP contribution < -0.4 is 5.32 Å². The zero-order chi connectivity index (χ0) is 21.8. The zero-order valence-electron chi connectivity index (χ0n) is 16.7. The van der Waals surface area contributed by atoms with Gasteiger partial charge in [0.2, 0.25) is 5.95 Å². The summed E-state index contributed by atoms with van der Waals surface area (Å²) in [5, 5.41) is 2.87. The second kappa shape index (κ2) is 7.18. The molecule has 9 heteroatoms. The second-order valence-corrected chi connectivity index (χ2v) is 7.83. The Morgan fingerprint density at radius 3 is 2.61 bits per heavy atom. The lowest BCUT2D eigenvalue weighted by Crippen LogP contribution is -2.10. The van der Waals surface area contributed by atoms with E-state index >= 15 is 0 Å². The van der Waals surface area contributed by atoms with Gasteiger partial charge in [-0.15, -0.1) is 0 Å². The molecule has 0 spiro atoms. The average Bonchev–Trinajstić information content (AvgIpc) is 3.49. The van der Waals surface area contributed by atoms with E-state index in [1.54, 1.807) is 0 Å². The normalized spacial score (nSPS) is 15.8. The van der Waals surface area contributed by atoms with Crippen LogP contribution in [0, 0.1) is 12.7 Å². The summed E-state index contributed by atoms with van der Waals surface area (Å²) in [4.78, 5) is 13.7. The number of benzene rings is 1. The number of fused-ring (bicyclic) bond motifs is 1. The first-order valence-corrected chi connectivity index (χ1v) is 10.1. The van der Waals surface area contributed by atoms with E-state index in [0.29, 0.717) is 17.8 Å². The molecule has 0 amide bonds. The highest BCUT2D eigenvalue weighted by atomic mass is 19.4. The average molecular weight is 429 g/mol. The molecule has 3 aromatic rings. The van der Waals surface area contributed by atoms with Gasteiger partial charge in [0.05, 0.1) is 22.6 Å². The molecule has 1 saturated carbocycles. The van der Waals surface area contributed by atoms with Gasteiger partial charge < -0.3 is 5.32 Å². The Bertz CT molecular complexity index is 1190. The molecule has 2 aliphatic carbocycles. The number of aryl methyl sites for hydroxylation is 2. The molecular weight excluding hydrogens is 410 g/mol. The molecule has 2 aliphatic rings. The molecule has 0 unspecified atom stereocenters. The fraction of sp³-hybridized carbons (Fsp3) is 0.318. The fourth-order valence-electron chi connectivity index (χ4n) is 3.83. The molecule has 1 aromatic carbocycles. The Morgan fingerprint density at radius 1 is 1.10 bits per heavy atom. The number of hydrogen-bond acceptors (Lipinski definition) is 4. The molecule has 2 aromatic heterocycles. The Morgan fingerprint density at radius 2 is 1.90 bits per heavy atom. The van der Waals surface area contributed by atoms with Crippen LogP contribution in [0.25, 0.3) is 11.9 Å². The number of alkyl halides is 3.